The molecule has 4 aromatic rings. The van der Waals surface area contributed by atoms with Crippen LogP contribution in [-0.4, -0.2) is 44.5 Å². The number of aromatic hydroxyl groups is 1. The summed E-state index contributed by atoms with van der Waals surface area (Å²) in [6.07, 6.45) is 0.889. The lowest BCUT2D eigenvalue weighted by Crippen LogP contribution is -2.42. The number of phenolic OH excluding ortho intramolecular Hbond substituents is 1. The zero-order valence-electron chi connectivity index (χ0n) is 18.6. The van der Waals surface area contributed by atoms with Gasteiger partial charge >= 0.3 is 0 Å². The van der Waals surface area contributed by atoms with E-state index in [1.807, 2.05) is 36.4 Å². The third-order valence-electron chi connectivity index (χ3n) is 5.86. The van der Waals surface area contributed by atoms with E-state index in [1.165, 1.54) is 13.2 Å². The molecule has 0 bridgehead atoms. The molecule has 1 aromatic heterocycles. The number of thiophene rings is 1. The number of sulfonamides is 1. The fourth-order valence-electron chi connectivity index (χ4n) is 3.87. The smallest absolute Gasteiger partial charge is 0.265 e. The number of phenols is 1. The molecule has 10 heteroatoms. The Hall–Kier alpha value is -3.27. The van der Waals surface area contributed by atoms with Crippen molar-refractivity contribution in [3.8, 4) is 21.9 Å². The van der Waals surface area contributed by atoms with Gasteiger partial charge in [0.1, 0.15) is 10.6 Å². The number of carbonyl (C=O) groups excluding carboxylic acids is 1. The maximum absolute atomic E-state index is 13.4. The first-order valence-corrected chi connectivity index (χ1v) is 13.5. The van der Waals surface area contributed by atoms with E-state index in [9.17, 15) is 18.3 Å². The number of nitrogens with one attached hydrogen (secondary N) is 1. The van der Waals surface area contributed by atoms with Gasteiger partial charge in [-0.25, -0.2) is 8.42 Å². The van der Waals surface area contributed by atoms with Crippen molar-refractivity contribution >= 4 is 54.6 Å². The lowest BCUT2D eigenvalue weighted by Gasteiger charge is -2.31. The van der Waals surface area contributed by atoms with Crippen molar-refractivity contribution in [3.63, 3.8) is 0 Å². The molecule has 180 valence electrons. The van der Waals surface area contributed by atoms with Gasteiger partial charge in [0.15, 0.2) is 5.75 Å². The summed E-state index contributed by atoms with van der Waals surface area (Å²) in [5.74, 6) is -0.658. The Morgan fingerprint density at radius 1 is 1.11 bits per heavy atom. The number of methoxy groups -OCH3 is 1. The Labute approximate surface area is 211 Å². The third-order valence-corrected chi connectivity index (χ3v) is 8.69. The molecular formula is C25H21ClN2O5S2. The van der Waals surface area contributed by atoms with Crippen molar-refractivity contribution in [3.05, 3.63) is 71.2 Å². The van der Waals surface area contributed by atoms with E-state index in [2.05, 4.69) is 4.72 Å². The number of rotatable bonds is 6. The van der Waals surface area contributed by atoms with E-state index in [-0.39, 0.29) is 22.2 Å². The van der Waals surface area contributed by atoms with Crippen molar-refractivity contribution in [2.45, 2.75) is 11.3 Å². The van der Waals surface area contributed by atoms with Gasteiger partial charge in [0.05, 0.1) is 17.8 Å². The standard InChI is InChI=1S/C25H21ClN2O5S2/c1-33-20-8-7-16(22-13-15-5-2-3-6-21(15)34-22)12-19(20)27-35(31,32)23-14-17(11-18(26)24(23)29)25(30)28-9-4-10-28/h2-3,5-8,11-14,27,29H,4,9-10H2,1H3. The molecule has 0 spiro atoms. The van der Waals surface area contributed by atoms with Crippen molar-refractivity contribution in [1.82, 2.24) is 4.90 Å². The number of ether oxygens (including phenoxy) is 1. The minimum absolute atomic E-state index is 0.0962. The van der Waals surface area contributed by atoms with Gasteiger partial charge in [0.25, 0.3) is 15.9 Å². The molecule has 1 aliphatic rings. The Kier molecular flexibility index (Phi) is 6.08. The predicted octanol–water partition coefficient (Wildman–Crippen LogP) is 5.58. The summed E-state index contributed by atoms with van der Waals surface area (Å²) >= 11 is 7.69. The molecule has 5 rings (SSSR count). The van der Waals surface area contributed by atoms with Crippen LogP contribution in [0.15, 0.2) is 65.6 Å². The number of nitrogens with zero attached hydrogens (tertiary/aromatic N) is 1. The van der Waals surface area contributed by atoms with Crippen LogP contribution in [0.1, 0.15) is 16.8 Å². The molecule has 7 nitrogen and oxygen atoms in total. The molecule has 0 unspecified atom stereocenters. The number of amides is 1. The second-order valence-corrected chi connectivity index (χ2v) is 11.3. The van der Waals surface area contributed by atoms with E-state index in [0.717, 1.165) is 33.0 Å². The molecule has 35 heavy (non-hydrogen) atoms. The Morgan fingerprint density at radius 2 is 1.89 bits per heavy atom. The summed E-state index contributed by atoms with van der Waals surface area (Å²) in [6.45, 7) is 1.19. The number of hydrogen-bond acceptors (Lipinski definition) is 6. The number of fused-ring (bicyclic) bond motifs is 1. The molecule has 3 aromatic carbocycles. The van der Waals surface area contributed by atoms with E-state index < -0.39 is 20.7 Å². The number of halogens is 1. The molecule has 1 aliphatic heterocycles. The van der Waals surface area contributed by atoms with Crippen LogP contribution in [0.4, 0.5) is 5.69 Å². The van der Waals surface area contributed by atoms with Crippen LogP contribution in [0.2, 0.25) is 5.02 Å². The third kappa shape index (κ3) is 4.42. The molecule has 0 radical (unpaired) electrons. The van der Waals surface area contributed by atoms with Gasteiger partial charge in [-0.3, -0.25) is 9.52 Å². The van der Waals surface area contributed by atoms with Crippen LogP contribution in [0, 0.1) is 0 Å². The number of likely N-dealkylation sites (tertiary alicyclic amines) is 1. The molecule has 2 heterocycles. The Balaban J connectivity index is 1.53. The SMILES string of the molecule is COc1ccc(-c2cc3ccccc3s2)cc1NS(=O)(=O)c1cc(C(=O)N2CCC2)cc(Cl)c1O. The van der Waals surface area contributed by atoms with Gasteiger partial charge in [-0.15, -0.1) is 11.3 Å². The van der Waals surface area contributed by atoms with Crippen LogP contribution in [0.25, 0.3) is 20.5 Å². The second-order valence-electron chi connectivity index (χ2n) is 8.12. The van der Waals surface area contributed by atoms with Crippen LogP contribution < -0.4 is 9.46 Å². The fourth-order valence-corrected chi connectivity index (χ4v) is 6.41. The normalized spacial score (nSPS) is 13.5. The van der Waals surface area contributed by atoms with Gasteiger partial charge in [-0.2, -0.15) is 0 Å². The fraction of sp³-hybridized carbons (Fsp3) is 0.160. The summed E-state index contributed by atoms with van der Waals surface area (Å²) in [6, 6.07) is 17.6. The predicted molar refractivity (Wildman–Crippen MR) is 138 cm³/mol. The van der Waals surface area contributed by atoms with Crippen molar-refractivity contribution < 1.29 is 23.1 Å². The van der Waals surface area contributed by atoms with Gasteiger partial charge in [0, 0.05) is 28.2 Å². The topological polar surface area (TPSA) is 95.9 Å². The highest BCUT2D eigenvalue weighted by Gasteiger charge is 2.28. The second kappa shape index (κ2) is 9.07. The van der Waals surface area contributed by atoms with Gasteiger partial charge in [0.2, 0.25) is 0 Å². The Bertz CT molecular complexity index is 1530. The summed E-state index contributed by atoms with van der Waals surface area (Å²) in [7, 11) is -2.89. The van der Waals surface area contributed by atoms with Crippen LogP contribution >= 0.6 is 22.9 Å². The summed E-state index contributed by atoms with van der Waals surface area (Å²) in [5.41, 5.74) is 1.09. The highest BCUT2D eigenvalue weighted by atomic mass is 35.5. The molecule has 1 saturated heterocycles. The monoisotopic (exact) mass is 528 g/mol. The van der Waals surface area contributed by atoms with Crippen LogP contribution in [-0.2, 0) is 10.0 Å². The maximum atomic E-state index is 13.4. The molecule has 2 N–H and O–H groups in total. The minimum Gasteiger partial charge on any atom is -0.505 e. The summed E-state index contributed by atoms with van der Waals surface area (Å²) in [5, 5.41) is 11.3. The molecule has 1 fully saturated rings. The van der Waals surface area contributed by atoms with E-state index in [1.54, 1.807) is 28.4 Å². The molecule has 0 aliphatic carbocycles. The summed E-state index contributed by atoms with van der Waals surface area (Å²) < 4.78 is 35.7. The molecular weight excluding hydrogens is 508 g/mol. The molecule has 0 atom stereocenters. The number of carbonyl (C=O) groups is 1. The van der Waals surface area contributed by atoms with Crippen molar-refractivity contribution in [2.75, 3.05) is 24.9 Å². The van der Waals surface area contributed by atoms with Crippen molar-refractivity contribution in [1.29, 1.82) is 0 Å². The average molecular weight is 529 g/mol. The lowest BCUT2D eigenvalue weighted by atomic mass is 10.1. The minimum atomic E-state index is -4.32. The quantitative estimate of drug-likeness (QED) is 0.340. The Morgan fingerprint density at radius 3 is 2.57 bits per heavy atom. The zero-order valence-corrected chi connectivity index (χ0v) is 21.0. The van der Waals surface area contributed by atoms with Crippen LogP contribution in [0.3, 0.4) is 0 Å². The zero-order chi connectivity index (χ0) is 24.7. The van der Waals surface area contributed by atoms with E-state index >= 15 is 0 Å². The van der Waals surface area contributed by atoms with Gasteiger partial charge < -0.3 is 14.7 Å². The first-order chi connectivity index (χ1) is 16.8. The van der Waals surface area contributed by atoms with Gasteiger partial charge in [-0.05, 0) is 59.8 Å². The van der Waals surface area contributed by atoms with Gasteiger partial charge in [-0.1, -0.05) is 29.8 Å². The first-order valence-electron chi connectivity index (χ1n) is 10.8. The highest BCUT2D eigenvalue weighted by molar-refractivity contribution is 7.92. The molecule has 1 amide bonds. The average Bonchev–Trinajstić information content (AvgIpc) is 3.23. The maximum Gasteiger partial charge on any atom is 0.265 e. The van der Waals surface area contributed by atoms with Crippen molar-refractivity contribution in [2.24, 2.45) is 0 Å². The number of benzene rings is 3. The first kappa shape index (κ1) is 23.5. The highest BCUT2D eigenvalue weighted by Crippen LogP contribution is 2.39. The van der Waals surface area contributed by atoms with E-state index in [0.29, 0.717) is 18.8 Å². The largest absolute Gasteiger partial charge is 0.505 e. The van der Waals surface area contributed by atoms with E-state index in [4.69, 9.17) is 16.3 Å². The number of anilines is 1. The summed E-state index contributed by atoms with van der Waals surface area (Å²) in [4.78, 5) is 14.7. The van der Waals surface area contributed by atoms with Crippen LogP contribution in [0.5, 0.6) is 11.5 Å². The lowest BCUT2D eigenvalue weighted by molar-refractivity contribution is 0.0651. The number of hydrogen-bond donors (Lipinski definition) is 2. The molecule has 0 saturated carbocycles.